The fourth-order valence-corrected chi connectivity index (χ4v) is 5.73. The summed E-state index contributed by atoms with van der Waals surface area (Å²) in [7, 11) is 1.63. The predicted octanol–water partition coefficient (Wildman–Crippen LogP) is 4.15. The number of hydrogen-bond donors (Lipinski definition) is 2. The molecule has 2 fully saturated rings. The number of halogens is 1. The second kappa shape index (κ2) is 9.64. The first-order valence-electron chi connectivity index (χ1n) is 12.8. The summed E-state index contributed by atoms with van der Waals surface area (Å²) in [5.41, 5.74) is 1.48. The number of nitrogens with one attached hydrogen (secondary N) is 1. The molecule has 5 rings (SSSR count). The molecule has 0 bridgehead atoms. The van der Waals surface area contributed by atoms with Crippen LogP contribution in [-0.4, -0.2) is 69.8 Å². The number of rotatable bonds is 7. The molecule has 196 valence electrons. The first kappa shape index (κ1) is 25.0. The zero-order valence-electron chi connectivity index (χ0n) is 21.4. The summed E-state index contributed by atoms with van der Waals surface area (Å²) in [4.78, 5) is 37.0. The summed E-state index contributed by atoms with van der Waals surface area (Å²) in [5.74, 6) is 0.443. The average molecular weight is 509 g/mol. The van der Waals surface area contributed by atoms with Gasteiger partial charge in [-0.1, -0.05) is 26.0 Å². The molecule has 2 aromatic heterocycles. The lowest BCUT2D eigenvalue weighted by atomic mass is 9.79. The minimum atomic E-state index is -0.895. The third-order valence-electron chi connectivity index (χ3n) is 7.57. The van der Waals surface area contributed by atoms with Crippen LogP contribution < -0.4 is 10.2 Å². The van der Waals surface area contributed by atoms with Gasteiger partial charge in [0.1, 0.15) is 11.5 Å². The van der Waals surface area contributed by atoms with Crippen molar-refractivity contribution in [3.63, 3.8) is 0 Å². The van der Waals surface area contributed by atoms with Gasteiger partial charge in [-0.3, -0.25) is 4.79 Å². The topological polar surface area (TPSA) is 104 Å². The van der Waals surface area contributed by atoms with Crippen molar-refractivity contribution in [2.24, 2.45) is 11.3 Å². The number of aromatic nitrogens is 3. The highest BCUT2D eigenvalue weighted by atomic mass is 19.1. The Hall–Kier alpha value is -3.69. The molecular weight excluding hydrogens is 475 g/mol. The van der Waals surface area contributed by atoms with E-state index < -0.39 is 6.09 Å². The molecule has 4 heterocycles. The van der Waals surface area contributed by atoms with E-state index in [2.05, 4.69) is 24.1 Å². The maximum atomic E-state index is 15.0. The lowest BCUT2D eigenvalue weighted by molar-refractivity contribution is -0.121. The third-order valence-corrected chi connectivity index (χ3v) is 7.57. The van der Waals surface area contributed by atoms with Gasteiger partial charge in [0.05, 0.1) is 5.69 Å². The second-order valence-corrected chi connectivity index (χ2v) is 10.8. The van der Waals surface area contributed by atoms with Crippen LogP contribution in [0.15, 0.2) is 36.5 Å². The highest BCUT2D eigenvalue weighted by molar-refractivity contribution is 5.92. The van der Waals surface area contributed by atoms with Crippen LogP contribution in [0.4, 0.5) is 15.1 Å². The van der Waals surface area contributed by atoms with Crippen molar-refractivity contribution in [3.05, 3.63) is 42.3 Å². The van der Waals surface area contributed by atoms with E-state index in [-0.39, 0.29) is 23.2 Å². The number of anilines is 1. The summed E-state index contributed by atoms with van der Waals surface area (Å²) >= 11 is 0. The number of amides is 2. The van der Waals surface area contributed by atoms with Crippen LogP contribution in [0.25, 0.3) is 22.3 Å². The summed E-state index contributed by atoms with van der Waals surface area (Å²) in [6.45, 7) is 6.59. The molecule has 0 unspecified atom stereocenters. The average Bonchev–Trinajstić information content (AvgIpc) is 3.47. The van der Waals surface area contributed by atoms with E-state index in [1.54, 1.807) is 25.2 Å². The summed E-state index contributed by atoms with van der Waals surface area (Å²) in [6, 6.07) is 8.37. The van der Waals surface area contributed by atoms with Crippen molar-refractivity contribution in [2.75, 3.05) is 38.1 Å². The van der Waals surface area contributed by atoms with Crippen LogP contribution in [-0.2, 0) is 4.79 Å². The van der Waals surface area contributed by atoms with Gasteiger partial charge in [-0.2, -0.15) is 4.98 Å². The summed E-state index contributed by atoms with van der Waals surface area (Å²) in [5, 5.41) is 12.7. The minimum Gasteiger partial charge on any atom is -0.465 e. The zero-order valence-corrected chi connectivity index (χ0v) is 21.4. The van der Waals surface area contributed by atoms with Gasteiger partial charge in [-0.05, 0) is 37.0 Å². The van der Waals surface area contributed by atoms with Crippen molar-refractivity contribution in [2.45, 2.75) is 39.2 Å². The minimum absolute atomic E-state index is 0.0504. The van der Waals surface area contributed by atoms with Crippen LogP contribution in [0.2, 0.25) is 0 Å². The number of fused-ring (bicyclic) bond motifs is 1. The van der Waals surface area contributed by atoms with Gasteiger partial charge < -0.3 is 24.8 Å². The number of carbonyl (C=O) groups is 2. The standard InChI is InChI=1S/C27H33FN6O3/c1-17(2)12-18(13-22(35)29-3)34-10-8-20-23(19-6-4-5-7-21(19)28)30-25(31-24(20)34)32-11-9-27(14-32)15-33(16-27)26(36)37/h4-8,10,17-18H,9,11-16H2,1-3H3,(H,29,35)(H,36,37)/t18-/m0/s1. The Bertz CT molecular complexity index is 1330. The molecule has 0 aliphatic carbocycles. The highest BCUT2D eigenvalue weighted by Gasteiger charge is 2.50. The summed E-state index contributed by atoms with van der Waals surface area (Å²) < 4.78 is 17.0. The first-order valence-corrected chi connectivity index (χ1v) is 12.8. The molecule has 1 aromatic carbocycles. The van der Waals surface area contributed by atoms with Gasteiger partial charge in [0.2, 0.25) is 11.9 Å². The van der Waals surface area contributed by atoms with Crippen molar-refractivity contribution in [1.82, 2.24) is 24.8 Å². The first-order chi connectivity index (χ1) is 17.7. The molecule has 2 aliphatic rings. The Kier molecular flexibility index (Phi) is 6.51. The zero-order chi connectivity index (χ0) is 26.3. The van der Waals surface area contributed by atoms with Crippen LogP contribution in [0.5, 0.6) is 0 Å². The van der Waals surface area contributed by atoms with Gasteiger partial charge in [-0.15, -0.1) is 0 Å². The monoisotopic (exact) mass is 508 g/mol. The molecule has 2 saturated heterocycles. The Morgan fingerprint density at radius 1 is 1.16 bits per heavy atom. The number of hydrogen-bond acceptors (Lipinski definition) is 5. The fourth-order valence-electron chi connectivity index (χ4n) is 5.73. The number of likely N-dealkylation sites (tertiary alicyclic amines) is 1. The molecule has 2 aliphatic heterocycles. The highest BCUT2D eigenvalue weighted by Crippen LogP contribution is 2.41. The molecule has 2 N–H and O–H groups in total. The van der Waals surface area contributed by atoms with E-state index >= 15 is 0 Å². The van der Waals surface area contributed by atoms with Crippen LogP contribution in [0.1, 0.15) is 39.2 Å². The largest absolute Gasteiger partial charge is 0.465 e. The van der Waals surface area contributed by atoms with E-state index in [9.17, 15) is 19.1 Å². The Morgan fingerprint density at radius 3 is 2.59 bits per heavy atom. The SMILES string of the molecule is CNC(=O)C[C@H](CC(C)C)n1ccc2c(-c3ccccc3F)nc(N3CCC4(CN(C(=O)O)C4)C3)nc21. The molecule has 1 spiro atoms. The van der Waals surface area contributed by atoms with Crippen LogP contribution in [0, 0.1) is 17.2 Å². The van der Waals surface area contributed by atoms with E-state index in [0.717, 1.165) is 18.2 Å². The molecular formula is C27H33FN6O3. The van der Waals surface area contributed by atoms with Crippen molar-refractivity contribution in [3.8, 4) is 11.3 Å². The van der Waals surface area contributed by atoms with Gasteiger partial charge in [0, 0.05) is 68.3 Å². The van der Waals surface area contributed by atoms with Gasteiger partial charge >= 0.3 is 6.09 Å². The maximum Gasteiger partial charge on any atom is 0.407 e. The van der Waals surface area contributed by atoms with E-state index in [1.807, 2.05) is 16.8 Å². The van der Waals surface area contributed by atoms with Crippen LogP contribution in [0.3, 0.4) is 0 Å². The number of nitrogens with zero attached hydrogens (tertiary/aromatic N) is 5. The lowest BCUT2D eigenvalue weighted by Gasteiger charge is -2.46. The number of carbonyl (C=O) groups excluding carboxylic acids is 1. The van der Waals surface area contributed by atoms with E-state index in [0.29, 0.717) is 61.4 Å². The maximum absolute atomic E-state index is 15.0. The molecule has 1 atom stereocenters. The molecule has 37 heavy (non-hydrogen) atoms. The smallest absolute Gasteiger partial charge is 0.407 e. The molecule has 0 saturated carbocycles. The fraction of sp³-hybridized carbons (Fsp3) is 0.481. The van der Waals surface area contributed by atoms with Crippen molar-refractivity contribution in [1.29, 1.82) is 0 Å². The van der Waals surface area contributed by atoms with Gasteiger partial charge in [0.15, 0.2) is 0 Å². The van der Waals surface area contributed by atoms with Gasteiger partial charge in [0.25, 0.3) is 0 Å². The molecule has 3 aromatic rings. The molecule has 10 heteroatoms. The van der Waals surface area contributed by atoms with Crippen LogP contribution >= 0.6 is 0 Å². The Balaban J connectivity index is 1.59. The Morgan fingerprint density at radius 2 is 1.92 bits per heavy atom. The quantitative estimate of drug-likeness (QED) is 0.497. The number of carboxylic acid groups (broad SMARTS) is 1. The van der Waals surface area contributed by atoms with E-state index in [1.165, 1.54) is 11.0 Å². The third kappa shape index (κ3) is 4.72. The summed E-state index contributed by atoms with van der Waals surface area (Å²) in [6.07, 6.45) is 2.97. The normalized spacial score (nSPS) is 17.4. The van der Waals surface area contributed by atoms with E-state index in [4.69, 9.17) is 9.97 Å². The predicted molar refractivity (Wildman–Crippen MR) is 139 cm³/mol. The van der Waals surface area contributed by atoms with Crippen molar-refractivity contribution < 1.29 is 19.1 Å². The van der Waals surface area contributed by atoms with Gasteiger partial charge in [-0.25, -0.2) is 14.2 Å². The second-order valence-electron chi connectivity index (χ2n) is 10.8. The lowest BCUT2D eigenvalue weighted by Crippen LogP contribution is -2.59. The molecule has 9 nitrogen and oxygen atoms in total. The molecule has 2 amide bonds. The number of benzene rings is 1. The van der Waals surface area contributed by atoms with Crippen molar-refractivity contribution >= 4 is 29.0 Å². The molecule has 0 radical (unpaired) electrons. The Labute approximate surface area is 215 Å².